The highest BCUT2D eigenvalue weighted by Crippen LogP contribution is 2.42. The molecule has 0 heterocycles. The molecule has 8 nitrogen and oxygen atoms in total. The number of ether oxygens (including phenoxy) is 4. The molecule has 0 amide bonds. The second-order valence-corrected chi connectivity index (χ2v) is 16.8. The van der Waals surface area contributed by atoms with E-state index in [1.54, 1.807) is 0 Å². The van der Waals surface area contributed by atoms with E-state index in [0.717, 1.165) is 108 Å². The van der Waals surface area contributed by atoms with E-state index in [1.165, 1.54) is 83.5 Å². The van der Waals surface area contributed by atoms with Gasteiger partial charge in [0, 0.05) is 13.0 Å². The fourth-order valence-corrected chi connectivity index (χ4v) is 8.49. The van der Waals surface area contributed by atoms with Gasteiger partial charge in [-0.15, -0.1) is 0 Å². The van der Waals surface area contributed by atoms with E-state index < -0.39 is 12.1 Å². The maximum Gasteiger partial charge on any atom is 0.508 e. The van der Waals surface area contributed by atoms with Crippen LogP contribution in [0.4, 0.5) is 4.79 Å². The number of hydrogen-bond donors (Lipinski definition) is 0. The first kappa shape index (κ1) is 49.8. The van der Waals surface area contributed by atoms with Gasteiger partial charge in [-0.2, -0.15) is 0 Å². The molecule has 0 aromatic heterocycles. The Balaban J connectivity index is 1.69. The lowest BCUT2D eigenvalue weighted by Gasteiger charge is -2.37. The SMILES string of the molecule is CCCCC/C=C\C/C=C\CCCCCCCC(=O)OCC(COC(=O)OCCCN(CC)CC)COC(=O)C1CCC(C2CCC(CCCCC)CC2)CC1. The molecule has 0 aromatic carbocycles. The van der Waals surface area contributed by atoms with Crippen molar-refractivity contribution in [1.29, 1.82) is 0 Å². The Bertz CT molecular complexity index is 1040. The molecule has 0 N–H and O–H groups in total. The summed E-state index contributed by atoms with van der Waals surface area (Å²) in [7, 11) is 0. The Kier molecular flexibility index (Phi) is 29.9. The molecular weight excluding hydrogens is 703 g/mol. The van der Waals surface area contributed by atoms with Gasteiger partial charge in [0.2, 0.25) is 0 Å². The van der Waals surface area contributed by atoms with Gasteiger partial charge in [-0.25, -0.2) is 4.79 Å². The van der Waals surface area contributed by atoms with Gasteiger partial charge < -0.3 is 23.8 Å². The number of esters is 2. The lowest BCUT2D eigenvalue weighted by atomic mass is 9.68. The maximum absolute atomic E-state index is 13.2. The van der Waals surface area contributed by atoms with Crippen molar-refractivity contribution in [2.75, 3.05) is 46.1 Å². The summed E-state index contributed by atoms with van der Waals surface area (Å²) in [6, 6.07) is 0. The van der Waals surface area contributed by atoms with E-state index in [9.17, 15) is 14.4 Å². The molecule has 2 saturated carbocycles. The van der Waals surface area contributed by atoms with E-state index in [-0.39, 0.29) is 44.3 Å². The third-order valence-corrected chi connectivity index (χ3v) is 12.3. The predicted octanol–water partition coefficient (Wildman–Crippen LogP) is 12.6. The Labute approximate surface area is 343 Å². The minimum atomic E-state index is -0.745. The highest BCUT2D eigenvalue weighted by Gasteiger charge is 2.34. The second kappa shape index (κ2) is 33.6. The van der Waals surface area contributed by atoms with E-state index >= 15 is 0 Å². The molecule has 2 aliphatic carbocycles. The minimum Gasteiger partial charge on any atom is -0.465 e. The van der Waals surface area contributed by atoms with Gasteiger partial charge in [-0.05, 0) is 114 Å². The van der Waals surface area contributed by atoms with Crippen LogP contribution in [0.3, 0.4) is 0 Å². The van der Waals surface area contributed by atoms with Crippen LogP contribution in [0, 0.1) is 29.6 Å². The number of carbonyl (C=O) groups excluding carboxylic acids is 3. The van der Waals surface area contributed by atoms with Crippen LogP contribution in [0.2, 0.25) is 0 Å². The molecule has 2 fully saturated rings. The maximum atomic E-state index is 13.2. The van der Waals surface area contributed by atoms with Crippen molar-refractivity contribution in [3.8, 4) is 0 Å². The summed E-state index contributed by atoms with van der Waals surface area (Å²) < 4.78 is 22.1. The van der Waals surface area contributed by atoms with E-state index in [2.05, 4.69) is 56.9 Å². The molecule has 1 unspecified atom stereocenters. The standard InChI is InChI=1S/C48H85NO7/c1-5-9-11-12-13-14-15-16-17-18-19-20-21-22-24-27-46(50)54-38-42(40-56-48(52)53-37-25-36-49(7-3)8-4)39-55-47(51)45-34-32-44(33-35-45)43-30-28-41(29-31-43)26-23-10-6-2/h13-14,16-17,41-45H,5-12,15,18-40H2,1-4H3/b14-13-,17-16-. The van der Waals surface area contributed by atoms with Gasteiger partial charge in [-0.1, -0.05) is 123 Å². The summed E-state index contributed by atoms with van der Waals surface area (Å²) in [5, 5.41) is 0. The first-order valence-corrected chi connectivity index (χ1v) is 23.5. The molecule has 1 atom stereocenters. The van der Waals surface area contributed by atoms with Crippen molar-refractivity contribution in [3.63, 3.8) is 0 Å². The highest BCUT2D eigenvalue weighted by atomic mass is 16.7. The highest BCUT2D eigenvalue weighted by molar-refractivity contribution is 5.72. The normalized spacial score (nSPS) is 20.7. The number of hydrogen-bond acceptors (Lipinski definition) is 8. The van der Waals surface area contributed by atoms with Crippen LogP contribution in [0.15, 0.2) is 24.3 Å². The molecule has 0 aromatic rings. The molecule has 2 rings (SSSR count). The lowest BCUT2D eigenvalue weighted by molar-refractivity contribution is -0.154. The van der Waals surface area contributed by atoms with Crippen molar-refractivity contribution < 1.29 is 33.3 Å². The smallest absolute Gasteiger partial charge is 0.465 e. The molecule has 324 valence electrons. The van der Waals surface area contributed by atoms with Gasteiger partial charge in [0.05, 0.1) is 18.4 Å². The molecule has 2 aliphatic rings. The Morgan fingerprint density at radius 3 is 1.82 bits per heavy atom. The monoisotopic (exact) mass is 788 g/mol. The van der Waals surface area contributed by atoms with Crippen LogP contribution in [0.5, 0.6) is 0 Å². The van der Waals surface area contributed by atoms with Crippen LogP contribution in [0.1, 0.15) is 188 Å². The average molecular weight is 788 g/mol. The van der Waals surface area contributed by atoms with Crippen molar-refractivity contribution in [3.05, 3.63) is 24.3 Å². The Morgan fingerprint density at radius 2 is 1.16 bits per heavy atom. The number of allylic oxidation sites excluding steroid dienone is 4. The molecule has 0 spiro atoms. The molecule has 0 bridgehead atoms. The topological polar surface area (TPSA) is 91.4 Å². The zero-order valence-electron chi connectivity index (χ0n) is 36.6. The van der Waals surface area contributed by atoms with E-state index in [1.807, 2.05) is 0 Å². The first-order valence-electron chi connectivity index (χ1n) is 23.5. The number of rotatable bonds is 32. The fourth-order valence-electron chi connectivity index (χ4n) is 8.49. The van der Waals surface area contributed by atoms with Crippen molar-refractivity contribution in [2.24, 2.45) is 29.6 Å². The van der Waals surface area contributed by atoms with Gasteiger partial charge in [-0.3, -0.25) is 9.59 Å². The van der Waals surface area contributed by atoms with Crippen LogP contribution >= 0.6 is 0 Å². The summed E-state index contributed by atoms with van der Waals surface area (Å²) in [4.78, 5) is 40.5. The van der Waals surface area contributed by atoms with Gasteiger partial charge in [0.1, 0.15) is 19.8 Å². The Hall–Kier alpha value is -2.35. The van der Waals surface area contributed by atoms with Crippen molar-refractivity contribution in [2.45, 2.75) is 188 Å². The number of nitrogens with zero attached hydrogens (tertiary/aromatic N) is 1. The summed E-state index contributed by atoms with van der Waals surface area (Å²) in [6.07, 6.45) is 36.7. The van der Waals surface area contributed by atoms with Crippen LogP contribution in [0.25, 0.3) is 0 Å². The fraction of sp³-hybridized carbons (Fsp3) is 0.854. The zero-order valence-corrected chi connectivity index (χ0v) is 36.6. The quantitative estimate of drug-likeness (QED) is 0.0288. The third-order valence-electron chi connectivity index (χ3n) is 12.3. The van der Waals surface area contributed by atoms with Crippen molar-refractivity contribution >= 4 is 18.1 Å². The lowest BCUT2D eigenvalue weighted by Crippen LogP contribution is -2.31. The van der Waals surface area contributed by atoms with Crippen LogP contribution < -0.4 is 0 Å². The molecular formula is C48H85NO7. The molecule has 0 radical (unpaired) electrons. The molecule has 0 aliphatic heterocycles. The summed E-state index contributed by atoms with van der Waals surface area (Å²) in [6.45, 7) is 11.8. The predicted molar refractivity (Wildman–Crippen MR) is 230 cm³/mol. The largest absolute Gasteiger partial charge is 0.508 e. The van der Waals surface area contributed by atoms with Gasteiger partial charge in [0.25, 0.3) is 0 Å². The average Bonchev–Trinajstić information content (AvgIpc) is 3.22. The number of unbranched alkanes of at least 4 members (excludes halogenated alkanes) is 10. The van der Waals surface area contributed by atoms with Gasteiger partial charge in [0.15, 0.2) is 0 Å². The molecule has 56 heavy (non-hydrogen) atoms. The van der Waals surface area contributed by atoms with Crippen LogP contribution in [-0.4, -0.2) is 69.1 Å². The van der Waals surface area contributed by atoms with E-state index in [0.29, 0.717) is 6.42 Å². The van der Waals surface area contributed by atoms with Crippen molar-refractivity contribution in [1.82, 2.24) is 4.90 Å². The minimum absolute atomic E-state index is 0.0347. The van der Waals surface area contributed by atoms with E-state index in [4.69, 9.17) is 18.9 Å². The number of carbonyl (C=O) groups is 3. The second-order valence-electron chi connectivity index (χ2n) is 16.8. The summed E-state index contributed by atoms with van der Waals surface area (Å²) in [5.41, 5.74) is 0. The summed E-state index contributed by atoms with van der Waals surface area (Å²) >= 11 is 0. The van der Waals surface area contributed by atoms with Crippen LogP contribution in [-0.2, 0) is 28.5 Å². The molecule has 8 heteroatoms. The molecule has 0 saturated heterocycles. The Morgan fingerprint density at radius 1 is 0.589 bits per heavy atom. The summed E-state index contributed by atoms with van der Waals surface area (Å²) in [5.74, 6) is 1.49. The first-order chi connectivity index (χ1) is 27.4. The zero-order chi connectivity index (χ0) is 40.5. The van der Waals surface area contributed by atoms with Gasteiger partial charge >= 0.3 is 18.1 Å². The third kappa shape index (κ3) is 24.4.